The van der Waals surface area contributed by atoms with Crippen molar-refractivity contribution in [2.24, 2.45) is 11.3 Å². The van der Waals surface area contributed by atoms with Crippen molar-refractivity contribution in [2.45, 2.75) is 66.2 Å². The summed E-state index contributed by atoms with van der Waals surface area (Å²) in [6.45, 7) is 8.97. The van der Waals surface area contributed by atoms with E-state index in [4.69, 9.17) is 4.98 Å². The topological polar surface area (TPSA) is 74.8 Å². The number of hydrogen-bond acceptors (Lipinski definition) is 4. The Bertz CT molecular complexity index is 1170. The standard InChI is InChI=1S/C25H31N3O2S/c1-5-15-7-6-8-17(13-15)26-21(29)12-11-20-27-23(30)22-18-10-9-16(25(2,3)4)14-19(18)31-24(22)28-20/h6-8,13,16H,5,9-12,14H2,1-4H3,(H,26,29)(H,27,28,30)/t16-/m1/s1. The molecule has 3 aromatic rings. The molecule has 5 nitrogen and oxygen atoms in total. The number of hydrogen-bond donors (Lipinski definition) is 2. The molecule has 1 atom stereocenters. The van der Waals surface area contributed by atoms with Gasteiger partial charge in [0, 0.05) is 23.4 Å². The second kappa shape index (κ2) is 8.58. The molecule has 0 fully saturated rings. The fraction of sp³-hybridized carbons (Fsp3) is 0.480. The molecule has 0 saturated heterocycles. The van der Waals surface area contributed by atoms with Gasteiger partial charge in [-0.25, -0.2) is 4.98 Å². The lowest BCUT2D eigenvalue weighted by molar-refractivity contribution is -0.116. The van der Waals surface area contributed by atoms with Gasteiger partial charge in [-0.05, 0) is 60.3 Å². The van der Waals surface area contributed by atoms with Crippen molar-refractivity contribution in [2.75, 3.05) is 5.32 Å². The van der Waals surface area contributed by atoms with Crippen LogP contribution in [-0.2, 0) is 30.5 Å². The molecule has 2 N–H and O–H groups in total. The van der Waals surface area contributed by atoms with Crippen LogP contribution in [-0.4, -0.2) is 15.9 Å². The summed E-state index contributed by atoms with van der Waals surface area (Å²) < 4.78 is 0. The molecule has 164 valence electrons. The molecule has 0 saturated carbocycles. The summed E-state index contributed by atoms with van der Waals surface area (Å²) >= 11 is 1.66. The molecule has 1 aromatic carbocycles. The first-order valence-corrected chi connectivity index (χ1v) is 12.0. The number of benzene rings is 1. The van der Waals surface area contributed by atoms with Crippen LogP contribution in [0.1, 0.15) is 62.4 Å². The molecule has 0 radical (unpaired) electrons. The number of fused-ring (bicyclic) bond motifs is 3. The average molecular weight is 438 g/mol. The maximum Gasteiger partial charge on any atom is 0.259 e. The average Bonchev–Trinajstić information content (AvgIpc) is 3.10. The van der Waals surface area contributed by atoms with Crippen molar-refractivity contribution in [1.29, 1.82) is 0 Å². The highest BCUT2D eigenvalue weighted by Gasteiger charge is 2.31. The van der Waals surface area contributed by atoms with E-state index < -0.39 is 0 Å². The number of aromatic amines is 1. The zero-order valence-electron chi connectivity index (χ0n) is 18.8. The number of H-pyrrole nitrogens is 1. The summed E-state index contributed by atoms with van der Waals surface area (Å²) in [6.07, 6.45) is 4.70. The lowest BCUT2D eigenvalue weighted by atomic mass is 9.72. The molecule has 1 aliphatic carbocycles. The summed E-state index contributed by atoms with van der Waals surface area (Å²) in [7, 11) is 0. The molecular formula is C25H31N3O2S. The van der Waals surface area contributed by atoms with E-state index in [1.54, 1.807) is 11.3 Å². The number of nitrogens with one attached hydrogen (secondary N) is 2. The monoisotopic (exact) mass is 437 g/mol. The Morgan fingerprint density at radius 1 is 1.32 bits per heavy atom. The summed E-state index contributed by atoms with van der Waals surface area (Å²) in [5.74, 6) is 1.14. The number of anilines is 1. The lowest BCUT2D eigenvalue weighted by Crippen LogP contribution is -2.26. The number of nitrogens with zero attached hydrogens (tertiary/aromatic N) is 1. The number of rotatable bonds is 5. The van der Waals surface area contributed by atoms with E-state index in [0.717, 1.165) is 41.6 Å². The Morgan fingerprint density at radius 3 is 2.87 bits per heavy atom. The van der Waals surface area contributed by atoms with E-state index in [1.807, 2.05) is 24.3 Å². The molecule has 6 heteroatoms. The fourth-order valence-electron chi connectivity index (χ4n) is 4.41. The summed E-state index contributed by atoms with van der Waals surface area (Å²) in [5, 5.41) is 3.70. The molecule has 0 spiro atoms. The first-order valence-electron chi connectivity index (χ1n) is 11.2. The van der Waals surface area contributed by atoms with Gasteiger partial charge in [0.25, 0.3) is 5.56 Å². The van der Waals surface area contributed by atoms with E-state index >= 15 is 0 Å². The van der Waals surface area contributed by atoms with E-state index in [2.05, 4.69) is 38.0 Å². The van der Waals surface area contributed by atoms with Crippen molar-refractivity contribution in [1.82, 2.24) is 9.97 Å². The molecule has 1 aliphatic rings. The minimum atomic E-state index is -0.0745. The molecule has 4 rings (SSSR count). The SMILES string of the molecule is CCc1cccc(NC(=O)CCc2nc3sc4c(c3c(=O)[nH]2)CC[C@@H](C(C)(C)C)C4)c1. The van der Waals surface area contributed by atoms with Crippen molar-refractivity contribution in [3.05, 3.63) is 56.4 Å². The van der Waals surface area contributed by atoms with Crippen molar-refractivity contribution in [3.8, 4) is 0 Å². The van der Waals surface area contributed by atoms with Crippen LogP contribution in [0.15, 0.2) is 29.1 Å². The van der Waals surface area contributed by atoms with Crippen LogP contribution in [0.2, 0.25) is 0 Å². The third-order valence-corrected chi connectivity index (χ3v) is 7.55. The van der Waals surface area contributed by atoms with E-state index in [9.17, 15) is 9.59 Å². The van der Waals surface area contributed by atoms with Gasteiger partial charge in [-0.3, -0.25) is 9.59 Å². The zero-order valence-corrected chi connectivity index (χ0v) is 19.6. The maximum atomic E-state index is 12.8. The van der Waals surface area contributed by atoms with Gasteiger partial charge in [0.15, 0.2) is 0 Å². The molecule has 0 bridgehead atoms. The fourth-order valence-corrected chi connectivity index (χ4v) is 5.73. The van der Waals surface area contributed by atoms with Crippen LogP contribution >= 0.6 is 11.3 Å². The van der Waals surface area contributed by atoms with E-state index in [1.165, 1.54) is 16.0 Å². The minimum Gasteiger partial charge on any atom is -0.326 e. The predicted octanol–water partition coefficient (Wildman–Crippen LogP) is 5.27. The number of aryl methyl sites for hydroxylation is 3. The van der Waals surface area contributed by atoms with Crippen LogP contribution in [0.5, 0.6) is 0 Å². The zero-order chi connectivity index (χ0) is 22.2. The largest absolute Gasteiger partial charge is 0.326 e. The number of aromatic nitrogens is 2. The van der Waals surface area contributed by atoms with Gasteiger partial charge in [-0.2, -0.15) is 0 Å². The highest BCUT2D eigenvalue weighted by Crippen LogP contribution is 2.41. The second-order valence-electron chi connectivity index (χ2n) is 9.60. The maximum absolute atomic E-state index is 12.8. The van der Waals surface area contributed by atoms with E-state index in [-0.39, 0.29) is 23.3 Å². The highest BCUT2D eigenvalue weighted by molar-refractivity contribution is 7.18. The van der Waals surface area contributed by atoms with Crippen LogP contribution < -0.4 is 10.9 Å². The van der Waals surface area contributed by atoms with Crippen molar-refractivity contribution < 1.29 is 4.79 Å². The molecule has 31 heavy (non-hydrogen) atoms. The Hall–Kier alpha value is -2.47. The quantitative estimate of drug-likeness (QED) is 0.571. The summed E-state index contributed by atoms with van der Waals surface area (Å²) in [6, 6.07) is 7.88. The van der Waals surface area contributed by atoms with E-state index in [0.29, 0.717) is 18.2 Å². The Balaban J connectivity index is 1.48. The molecule has 0 unspecified atom stereocenters. The molecule has 2 aromatic heterocycles. The minimum absolute atomic E-state index is 0.0669. The van der Waals surface area contributed by atoms with Crippen molar-refractivity contribution >= 4 is 33.1 Å². The summed E-state index contributed by atoms with van der Waals surface area (Å²) in [4.78, 5) is 35.0. The number of amides is 1. The first-order chi connectivity index (χ1) is 14.7. The number of thiophene rings is 1. The van der Waals surface area contributed by atoms with Crippen LogP contribution in [0.4, 0.5) is 5.69 Å². The van der Waals surface area contributed by atoms with Crippen LogP contribution in [0.25, 0.3) is 10.2 Å². The molecular weight excluding hydrogens is 406 g/mol. The molecule has 0 aliphatic heterocycles. The van der Waals surface area contributed by atoms with Gasteiger partial charge in [0.2, 0.25) is 5.91 Å². The molecule has 2 heterocycles. The summed E-state index contributed by atoms with van der Waals surface area (Å²) in [5.41, 5.74) is 3.38. The van der Waals surface area contributed by atoms with Gasteiger partial charge in [0.05, 0.1) is 5.39 Å². The van der Waals surface area contributed by atoms with Crippen LogP contribution in [0.3, 0.4) is 0 Å². The normalized spacial score (nSPS) is 16.3. The molecule has 1 amide bonds. The van der Waals surface area contributed by atoms with Gasteiger partial charge in [-0.15, -0.1) is 11.3 Å². The lowest BCUT2D eigenvalue weighted by Gasteiger charge is -2.33. The number of carbonyl (C=O) groups is 1. The van der Waals surface area contributed by atoms with Crippen LogP contribution in [0, 0.1) is 11.3 Å². The van der Waals surface area contributed by atoms with Gasteiger partial charge < -0.3 is 10.3 Å². The highest BCUT2D eigenvalue weighted by atomic mass is 32.1. The third kappa shape index (κ3) is 4.74. The predicted molar refractivity (Wildman–Crippen MR) is 128 cm³/mol. The Kier molecular flexibility index (Phi) is 6.02. The van der Waals surface area contributed by atoms with Gasteiger partial charge in [0.1, 0.15) is 10.7 Å². The third-order valence-electron chi connectivity index (χ3n) is 6.40. The second-order valence-corrected chi connectivity index (χ2v) is 10.7. The Morgan fingerprint density at radius 2 is 2.13 bits per heavy atom. The first kappa shape index (κ1) is 21.8. The van der Waals surface area contributed by atoms with Gasteiger partial charge in [-0.1, -0.05) is 39.8 Å². The Labute approximate surface area is 187 Å². The van der Waals surface area contributed by atoms with Gasteiger partial charge >= 0.3 is 0 Å². The number of carbonyl (C=O) groups excluding carboxylic acids is 1. The smallest absolute Gasteiger partial charge is 0.259 e. The van der Waals surface area contributed by atoms with Crippen molar-refractivity contribution in [3.63, 3.8) is 0 Å².